The molecule has 22 heavy (non-hydrogen) atoms. The number of imide groups is 1. The monoisotopic (exact) mass is 296 g/mol. The number of rotatable bonds is 1. The molecule has 1 atom stereocenters. The Bertz CT molecular complexity index is 825. The topological polar surface area (TPSA) is 75.7 Å². The fraction of sp³-hybridized carbons (Fsp3) is 0.188. The first-order valence-electron chi connectivity index (χ1n) is 7.01. The molecular weight excluding hydrogens is 284 g/mol. The van der Waals surface area contributed by atoms with E-state index in [1.165, 1.54) is 4.90 Å². The van der Waals surface area contributed by atoms with Crippen LogP contribution in [0.1, 0.15) is 12.8 Å². The van der Waals surface area contributed by atoms with Crippen LogP contribution in [0.5, 0.6) is 5.75 Å². The van der Waals surface area contributed by atoms with Gasteiger partial charge in [-0.3, -0.25) is 19.8 Å². The second-order valence-corrected chi connectivity index (χ2v) is 5.34. The van der Waals surface area contributed by atoms with E-state index in [1.54, 1.807) is 12.1 Å². The molecule has 2 aromatic carbocycles. The van der Waals surface area contributed by atoms with Gasteiger partial charge in [0.1, 0.15) is 11.8 Å². The lowest BCUT2D eigenvalue weighted by atomic mass is 10.0. The van der Waals surface area contributed by atoms with Gasteiger partial charge in [-0.25, -0.2) is 4.79 Å². The Balaban J connectivity index is 1.87. The van der Waals surface area contributed by atoms with Crippen molar-refractivity contribution in [2.45, 2.75) is 18.9 Å². The lowest BCUT2D eigenvalue weighted by molar-refractivity contribution is -0.134. The predicted molar refractivity (Wildman–Crippen MR) is 78.6 cm³/mol. The third kappa shape index (κ3) is 1.77. The summed E-state index contributed by atoms with van der Waals surface area (Å²) in [4.78, 5) is 37.1. The normalized spacial score (nSPS) is 20.8. The van der Waals surface area contributed by atoms with Crippen molar-refractivity contribution in [3.63, 3.8) is 0 Å². The van der Waals surface area contributed by atoms with Crippen LogP contribution in [0.25, 0.3) is 10.8 Å². The quantitative estimate of drug-likeness (QED) is 0.816. The predicted octanol–water partition coefficient (Wildman–Crippen LogP) is 1.96. The number of hydrogen-bond acceptors (Lipinski definition) is 4. The van der Waals surface area contributed by atoms with Crippen LogP contribution in [0, 0.1) is 0 Å². The van der Waals surface area contributed by atoms with Gasteiger partial charge >= 0.3 is 6.09 Å². The zero-order valence-corrected chi connectivity index (χ0v) is 11.5. The molecule has 0 radical (unpaired) electrons. The van der Waals surface area contributed by atoms with E-state index in [4.69, 9.17) is 4.74 Å². The average molecular weight is 296 g/mol. The maximum absolute atomic E-state index is 12.4. The van der Waals surface area contributed by atoms with Crippen LogP contribution in [-0.2, 0) is 9.59 Å². The van der Waals surface area contributed by atoms with E-state index in [-0.39, 0.29) is 12.3 Å². The zero-order chi connectivity index (χ0) is 15.3. The maximum atomic E-state index is 12.4. The molecule has 1 unspecified atom stereocenters. The van der Waals surface area contributed by atoms with Crippen LogP contribution in [0.15, 0.2) is 36.4 Å². The van der Waals surface area contributed by atoms with E-state index in [2.05, 4.69) is 5.32 Å². The first-order valence-corrected chi connectivity index (χ1v) is 7.01. The van der Waals surface area contributed by atoms with Crippen molar-refractivity contribution in [2.24, 2.45) is 0 Å². The smallest absolute Gasteiger partial charge is 0.409 e. The molecule has 110 valence electrons. The molecule has 0 saturated carbocycles. The van der Waals surface area contributed by atoms with Crippen molar-refractivity contribution in [3.8, 4) is 5.75 Å². The summed E-state index contributed by atoms with van der Waals surface area (Å²) in [5.74, 6) is -0.295. The number of nitrogens with zero attached hydrogens (tertiary/aromatic N) is 1. The molecule has 0 bridgehead atoms. The number of piperidine rings is 1. The minimum atomic E-state index is -0.732. The number of benzene rings is 2. The first-order chi connectivity index (χ1) is 10.6. The lowest BCUT2D eigenvalue weighted by Gasteiger charge is -2.35. The van der Waals surface area contributed by atoms with Crippen LogP contribution < -0.4 is 15.0 Å². The van der Waals surface area contributed by atoms with Gasteiger partial charge < -0.3 is 4.74 Å². The Morgan fingerprint density at radius 2 is 1.86 bits per heavy atom. The van der Waals surface area contributed by atoms with Gasteiger partial charge in [-0.05, 0) is 23.9 Å². The second-order valence-electron chi connectivity index (χ2n) is 5.34. The Kier molecular flexibility index (Phi) is 2.66. The van der Waals surface area contributed by atoms with Crippen molar-refractivity contribution < 1.29 is 19.1 Å². The number of anilines is 1. The Morgan fingerprint density at radius 1 is 1.09 bits per heavy atom. The summed E-state index contributed by atoms with van der Waals surface area (Å²) in [6, 6.07) is 10.3. The van der Waals surface area contributed by atoms with E-state index in [0.717, 1.165) is 10.8 Å². The number of carbonyl (C=O) groups is 3. The van der Waals surface area contributed by atoms with Gasteiger partial charge in [0.2, 0.25) is 11.8 Å². The highest BCUT2D eigenvalue weighted by Gasteiger charge is 2.39. The summed E-state index contributed by atoms with van der Waals surface area (Å²) < 4.78 is 5.37. The van der Waals surface area contributed by atoms with Crippen molar-refractivity contribution in [3.05, 3.63) is 36.4 Å². The van der Waals surface area contributed by atoms with E-state index >= 15 is 0 Å². The van der Waals surface area contributed by atoms with Crippen LogP contribution in [-0.4, -0.2) is 23.9 Å². The molecule has 2 aliphatic heterocycles. The van der Waals surface area contributed by atoms with Crippen LogP contribution >= 0.6 is 0 Å². The summed E-state index contributed by atoms with van der Waals surface area (Å²) in [6.07, 6.45) is -0.100. The van der Waals surface area contributed by atoms with E-state index < -0.39 is 18.0 Å². The molecule has 1 N–H and O–H groups in total. The molecule has 3 amide bonds. The van der Waals surface area contributed by atoms with Crippen LogP contribution in [0.4, 0.5) is 10.5 Å². The van der Waals surface area contributed by atoms with E-state index in [9.17, 15) is 14.4 Å². The standard InChI is InChI=1S/C16H12N2O4/c19-13-8-7-11(15(20)17-13)18-10-5-1-3-9-4-2-6-12(14(9)10)22-16(18)21/h1-6,11H,7-8H2,(H,17,19,20). The number of ether oxygens (including phenoxy) is 1. The van der Waals surface area contributed by atoms with Crippen LogP contribution in [0.3, 0.4) is 0 Å². The van der Waals surface area contributed by atoms with Gasteiger partial charge in [-0.15, -0.1) is 0 Å². The Labute approximate surface area is 125 Å². The van der Waals surface area contributed by atoms with Crippen molar-refractivity contribution in [2.75, 3.05) is 4.90 Å². The van der Waals surface area contributed by atoms with Crippen LogP contribution in [0.2, 0.25) is 0 Å². The van der Waals surface area contributed by atoms with Crippen molar-refractivity contribution in [1.82, 2.24) is 5.32 Å². The fourth-order valence-electron chi connectivity index (χ4n) is 3.04. The molecule has 0 spiro atoms. The summed E-state index contributed by atoms with van der Waals surface area (Å²) in [7, 11) is 0. The highest BCUT2D eigenvalue weighted by Crippen LogP contribution is 2.40. The summed E-state index contributed by atoms with van der Waals surface area (Å²) >= 11 is 0. The van der Waals surface area contributed by atoms with E-state index in [1.807, 2.05) is 24.3 Å². The molecule has 1 fully saturated rings. The SMILES string of the molecule is O=C1CCC(N2C(=O)Oc3cccc4cccc2c34)C(=O)N1. The lowest BCUT2D eigenvalue weighted by Crippen LogP contribution is -2.56. The molecule has 0 aromatic heterocycles. The average Bonchev–Trinajstić information content (AvgIpc) is 2.49. The highest BCUT2D eigenvalue weighted by atomic mass is 16.6. The molecular formula is C16H12N2O4. The maximum Gasteiger partial charge on any atom is 0.420 e. The number of hydrogen-bond donors (Lipinski definition) is 1. The molecule has 6 heteroatoms. The van der Waals surface area contributed by atoms with Gasteiger partial charge in [0, 0.05) is 11.8 Å². The summed E-state index contributed by atoms with van der Waals surface area (Å²) in [6.45, 7) is 0. The van der Waals surface area contributed by atoms with Gasteiger partial charge in [0.05, 0.1) is 5.69 Å². The Hall–Kier alpha value is -2.89. The van der Waals surface area contributed by atoms with E-state index in [0.29, 0.717) is 17.9 Å². The summed E-state index contributed by atoms with van der Waals surface area (Å²) in [5.41, 5.74) is 0.638. The molecule has 0 aliphatic carbocycles. The minimum Gasteiger partial charge on any atom is -0.409 e. The van der Waals surface area contributed by atoms with Gasteiger partial charge in [0.25, 0.3) is 0 Å². The van der Waals surface area contributed by atoms with Gasteiger partial charge in [-0.2, -0.15) is 0 Å². The fourth-order valence-corrected chi connectivity index (χ4v) is 3.04. The number of amides is 3. The molecule has 2 heterocycles. The van der Waals surface area contributed by atoms with Gasteiger partial charge in [0.15, 0.2) is 0 Å². The number of nitrogens with one attached hydrogen (secondary N) is 1. The molecule has 4 rings (SSSR count). The third-order valence-electron chi connectivity index (χ3n) is 4.02. The molecule has 6 nitrogen and oxygen atoms in total. The Morgan fingerprint density at radius 3 is 2.64 bits per heavy atom. The summed E-state index contributed by atoms with van der Waals surface area (Å²) in [5, 5.41) is 4.01. The molecule has 2 aliphatic rings. The number of carbonyl (C=O) groups excluding carboxylic acids is 3. The van der Waals surface area contributed by atoms with Crippen molar-refractivity contribution in [1.29, 1.82) is 0 Å². The zero-order valence-electron chi connectivity index (χ0n) is 11.5. The minimum absolute atomic E-state index is 0.206. The second kappa shape index (κ2) is 4.56. The van der Waals surface area contributed by atoms with Crippen molar-refractivity contribution >= 4 is 34.4 Å². The van der Waals surface area contributed by atoms with Gasteiger partial charge in [-0.1, -0.05) is 24.3 Å². The first kappa shape index (κ1) is 12.8. The highest BCUT2D eigenvalue weighted by molar-refractivity contribution is 6.13. The molecule has 2 aromatic rings. The third-order valence-corrected chi connectivity index (χ3v) is 4.02. The molecule has 1 saturated heterocycles. The largest absolute Gasteiger partial charge is 0.420 e.